The minimum Gasteiger partial charge on any atom is -0.316 e. The predicted octanol–water partition coefficient (Wildman–Crippen LogP) is 2.09. The lowest BCUT2D eigenvalue weighted by molar-refractivity contribution is -0.113. The van der Waals surface area contributed by atoms with Gasteiger partial charge in [-0.15, -0.1) is 11.3 Å². The lowest BCUT2D eigenvalue weighted by atomic mass is 10.2. The van der Waals surface area contributed by atoms with Crippen LogP contribution in [0, 0.1) is 25.2 Å². The third-order valence-corrected chi connectivity index (χ3v) is 4.48. The second kappa shape index (κ2) is 5.86. The number of hydrogen-bond acceptors (Lipinski definition) is 6. The standard InChI is InChI=1S/C11H11N5OS2/c1-6-7(2)19-10(8(6)3-12)15-9(17)4-18-11-13-5-14-16-11/h5H,4H2,1-2H3,(H,15,17)(H,13,14,16). The number of thioether (sulfide) groups is 1. The Kier molecular flexibility index (Phi) is 4.19. The lowest BCUT2D eigenvalue weighted by Gasteiger charge is -2.01. The number of hydrogen-bond donors (Lipinski definition) is 2. The van der Waals surface area contributed by atoms with Gasteiger partial charge >= 0.3 is 0 Å². The van der Waals surface area contributed by atoms with Crippen LogP contribution in [-0.4, -0.2) is 26.8 Å². The average Bonchev–Trinajstić information content (AvgIpc) is 2.97. The average molecular weight is 293 g/mol. The van der Waals surface area contributed by atoms with Crippen molar-refractivity contribution in [2.45, 2.75) is 19.0 Å². The van der Waals surface area contributed by atoms with Crippen LogP contribution in [0.4, 0.5) is 5.00 Å². The van der Waals surface area contributed by atoms with Crippen LogP contribution in [0.5, 0.6) is 0 Å². The fourth-order valence-corrected chi connectivity index (χ4v) is 3.02. The van der Waals surface area contributed by atoms with Crippen molar-refractivity contribution in [1.29, 1.82) is 5.26 Å². The zero-order chi connectivity index (χ0) is 13.8. The van der Waals surface area contributed by atoms with E-state index in [-0.39, 0.29) is 11.7 Å². The first kappa shape index (κ1) is 13.6. The summed E-state index contributed by atoms with van der Waals surface area (Å²) in [5.41, 5.74) is 1.46. The zero-order valence-corrected chi connectivity index (χ0v) is 12.0. The Morgan fingerprint density at radius 3 is 3.05 bits per heavy atom. The second-order valence-electron chi connectivity index (χ2n) is 3.73. The molecule has 2 N–H and O–H groups in total. The number of aryl methyl sites for hydroxylation is 1. The number of anilines is 1. The predicted molar refractivity (Wildman–Crippen MR) is 74.2 cm³/mol. The fraction of sp³-hybridized carbons (Fsp3) is 0.273. The molecule has 6 nitrogen and oxygen atoms in total. The van der Waals surface area contributed by atoms with Crippen molar-refractivity contribution >= 4 is 34.0 Å². The Labute approximate surface area is 118 Å². The van der Waals surface area contributed by atoms with Gasteiger partial charge in [-0.3, -0.25) is 9.89 Å². The first-order valence-electron chi connectivity index (χ1n) is 5.40. The molecule has 0 unspecified atom stereocenters. The Morgan fingerprint density at radius 2 is 2.42 bits per heavy atom. The van der Waals surface area contributed by atoms with Crippen LogP contribution in [0.3, 0.4) is 0 Å². The molecule has 2 aromatic heterocycles. The molecule has 0 aliphatic rings. The highest BCUT2D eigenvalue weighted by atomic mass is 32.2. The van der Waals surface area contributed by atoms with E-state index in [1.54, 1.807) is 0 Å². The third-order valence-electron chi connectivity index (χ3n) is 2.48. The molecule has 0 saturated heterocycles. The van der Waals surface area contributed by atoms with E-state index in [0.717, 1.165) is 10.4 Å². The van der Waals surface area contributed by atoms with Gasteiger partial charge in [0.1, 0.15) is 17.4 Å². The molecule has 98 valence electrons. The van der Waals surface area contributed by atoms with E-state index >= 15 is 0 Å². The van der Waals surface area contributed by atoms with Gasteiger partial charge in [-0.05, 0) is 19.4 Å². The molecule has 0 atom stereocenters. The number of carbonyl (C=O) groups excluding carboxylic acids is 1. The van der Waals surface area contributed by atoms with Gasteiger partial charge in [0.05, 0.1) is 11.3 Å². The maximum atomic E-state index is 11.8. The normalized spacial score (nSPS) is 10.2. The number of H-pyrrole nitrogens is 1. The molecule has 1 amide bonds. The number of carbonyl (C=O) groups is 1. The summed E-state index contributed by atoms with van der Waals surface area (Å²) in [6.45, 7) is 3.81. The Hall–Kier alpha value is -1.85. The first-order valence-corrected chi connectivity index (χ1v) is 7.20. The Bertz CT molecular complexity index is 626. The number of nitrogens with zero attached hydrogens (tertiary/aromatic N) is 3. The summed E-state index contributed by atoms with van der Waals surface area (Å²) in [5, 5.41) is 19.4. The molecule has 2 heterocycles. The van der Waals surface area contributed by atoms with E-state index in [1.165, 1.54) is 29.4 Å². The van der Waals surface area contributed by atoms with Crippen LogP contribution in [0.15, 0.2) is 11.5 Å². The number of aromatic nitrogens is 3. The summed E-state index contributed by atoms with van der Waals surface area (Å²) >= 11 is 2.68. The van der Waals surface area contributed by atoms with E-state index in [2.05, 4.69) is 26.6 Å². The van der Waals surface area contributed by atoms with Crippen molar-refractivity contribution in [3.63, 3.8) is 0 Å². The molecule has 2 rings (SSSR count). The molecule has 0 aliphatic carbocycles. The maximum Gasteiger partial charge on any atom is 0.235 e. The number of aromatic amines is 1. The van der Waals surface area contributed by atoms with Crippen LogP contribution in [0.25, 0.3) is 0 Å². The van der Waals surface area contributed by atoms with Crippen molar-refractivity contribution in [3.8, 4) is 6.07 Å². The second-order valence-corrected chi connectivity index (χ2v) is 5.92. The molecule has 0 radical (unpaired) electrons. The molecule has 19 heavy (non-hydrogen) atoms. The molecule has 0 fully saturated rings. The van der Waals surface area contributed by atoms with Gasteiger partial charge in [-0.2, -0.15) is 10.4 Å². The summed E-state index contributed by atoms with van der Waals surface area (Å²) in [6.07, 6.45) is 1.39. The van der Waals surface area contributed by atoms with Crippen LogP contribution < -0.4 is 5.32 Å². The largest absolute Gasteiger partial charge is 0.316 e. The highest BCUT2D eigenvalue weighted by molar-refractivity contribution is 7.99. The molecule has 0 spiro atoms. The zero-order valence-electron chi connectivity index (χ0n) is 10.4. The van der Waals surface area contributed by atoms with Crippen LogP contribution in [-0.2, 0) is 4.79 Å². The van der Waals surface area contributed by atoms with Gasteiger partial charge in [0.2, 0.25) is 5.91 Å². The van der Waals surface area contributed by atoms with Crippen molar-refractivity contribution in [1.82, 2.24) is 15.2 Å². The Balaban J connectivity index is 1.99. The summed E-state index contributed by atoms with van der Waals surface area (Å²) in [4.78, 5) is 16.8. The van der Waals surface area contributed by atoms with Gasteiger partial charge in [0.25, 0.3) is 0 Å². The molecular formula is C11H11N5OS2. The molecule has 0 saturated carbocycles. The minimum absolute atomic E-state index is 0.167. The molecule has 0 bridgehead atoms. The van der Waals surface area contributed by atoms with Gasteiger partial charge in [-0.25, -0.2) is 4.98 Å². The smallest absolute Gasteiger partial charge is 0.235 e. The van der Waals surface area contributed by atoms with Crippen LogP contribution >= 0.6 is 23.1 Å². The van der Waals surface area contributed by atoms with Crippen molar-refractivity contribution in [2.24, 2.45) is 0 Å². The number of thiophene rings is 1. The monoisotopic (exact) mass is 293 g/mol. The van der Waals surface area contributed by atoms with Crippen LogP contribution in [0.2, 0.25) is 0 Å². The number of nitriles is 1. The van der Waals surface area contributed by atoms with E-state index in [4.69, 9.17) is 5.26 Å². The van der Waals surface area contributed by atoms with E-state index < -0.39 is 0 Å². The van der Waals surface area contributed by atoms with Gasteiger partial charge in [0, 0.05) is 4.88 Å². The molecule has 2 aromatic rings. The molecule has 8 heteroatoms. The lowest BCUT2D eigenvalue weighted by Crippen LogP contribution is -2.14. The molecular weight excluding hydrogens is 282 g/mol. The van der Waals surface area contributed by atoms with Gasteiger partial charge in [-0.1, -0.05) is 11.8 Å². The fourth-order valence-electron chi connectivity index (χ4n) is 1.41. The van der Waals surface area contributed by atoms with Crippen molar-refractivity contribution in [2.75, 3.05) is 11.1 Å². The SMILES string of the molecule is Cc1sc(NC(=O)CSc2ncn[nH]2)c(C#N)c1C. The van der Waals surface area contributed by atoms with E-state index in [9.17, 15) is 4.79 Å². The van der Waals surface area contributed by atoms with E-state index in [0.29, 0.717) is 15.7 Å². The highest BCUT2D eigenvalue weighted by Crippen LogP contribution is 2.31. The summed E-state index contributed by atoms with van der Waals surface area (Å²) in [5.74, 6) is 0.0509. The minimum atomic E-state index is -0.167. The van der Waals surface area contributed by atoms with Crippen LogP contribution in [0.1, 0.15) is 16.0 Å². The van der Waals surface area contributed by atoms with Gasteiger partial charge < -0.3 is 5.32 Å². The maximum absolute atomic E-state index is 11.8. The Morgan fingerprint density at radius 1 is 1.63 bits per heavy atom. The topological polar surface area (TPSA) is 94.5 Å². The van der Waals surface area contributed by atoms with Crippen molar-refractivity contribution < 1.29 is 4.79 Å². The first-order chi connectivity index (χ1) is 9.11. The van der Waals surface area contributed by atoms with Crippen molar-refractivity contribution in [3.05, 3.63) is 22.3 Å². The number of nitrogens with one attached hydrogen (secondary N) is 2. The quantitative estimate of drug-likeness (QED) is 0.842. The summed E-state index contributed by atoms with van der Waals surface area (Å²) < 4.78 is 0. The van der Waals surface area contributed by atoms with E-state index in [1.807, 2.05) is 13.8 Å². The van der Waals surface area contributed by atoms with Gasteiger partial charge in [0.15, 0.2) is 5.16 Å². The number of amides is 1. The highest BCUT2D eigenvalue weighted by Gasteiger charge is 2.14. The summed E-state index contributed by atoms with van der Waals surface area (Å²) in [7, 11) is 0. The molecule has 0 aliphatic heterocycles. The number of rotatable bonds is 4. The molecule has 0 aromatic carbocycles. The summed E-state index contributed by atoms with van der Waals surface area (Å²) in [6, 6.07) is 2.12. The third kappa shape index (κ3) is 3.13.